The monoisotopic (exact) mass is 306 g/mol. The zero-order valence-electron chi connectivity index (χ0n) is 12.9. The van der Waals surface area contributed by atoms with Crippen LogP contribution in [-0.2, 0) is 9.53 Å². The predicted octanol–water partition coefficient (Wildman–Crippen LogP) is 1.83. The van der Waals surface area contributed by atoms with E-state index in [1.807, 2.05) is 24.3 Å². The van der Waals surface area contributed by atoms with Gasteiger partial charge in [0.05, 0.1) is 7.11 Å². The lowest BCUT2D eigenvalue weighted by Gasteiger charge is -2.18. The van der Waals surface area contributed by atoms with Gasteiger partial charge in [-0.25, -0.2) is 4.79 Å². The smallest absolute Gasteiger partial charge is 0.407 e. The maximum atomic E-state index is 11.5. The number of hydrogen-bond acceptors (Lipinski definition) is 4. The van der Waals surface area contributed by atoms with Crippen LogP contribution in [0.5, 0.6) is 5.75 Å². The minimum atomic E-state index is -0.513. The van der Waals surface area contributed by atoms with Crippen LogP contribution in [-0.4, -0.2) is 38.8 Å². The van der Waals surface area contributed by atoms with E-state index in [4.69, 9.17) is 9.47 Å². The Bertz CT molecular complexity index is 499. The van der Waals surface area contributed by atoms with Gasteiger partial charge in [0.2, 0.25) is 5.91 Å². The normalized spacial score (nSPS) is 11.2. The van der Waals surface area contributed by atoms with E-state index < -0.39 is 6.09 Å². The van der Waals surface area contributed by atoms with E-state index in [9.17, 15) is 9.59 Å². The van der Waals surface area contributed by atoms with Crippen molar-refractivity contribution in [2.45, 2.75) is 12.8 Å². The van der Waals surface area contributed by atoms with E-state index in [1.54, 1.807) is 7.11 Å². The topological polar surface area (TPSA) is 76.7 Å². The molecule has 0 aliphatic heterocycles. The molecule has 6 nitrogen and oxygen atoms in total. The largest absolute Gasteiger partial charge is 0.497 e. The van der Waals surface area contributed by atoms with E-state index in [1.165, 1.54) is 13.0 Å². The molecule has 1 rings (SSSR count). The maximum Gasteiger partial charge on any atom is 0.407 e. The predicted molar refractivity (Wildman–Crippen MR) is 84.0 cm³/mol. The Morgan fingerprint density at radius 2 is 1.86 bits per heavy atom. The van der Waals surface area contributed by atoms with Crippen molar-refractivity contribution in [2.24, 2.45) is 0 Å². The van der Waals surface area contributed by atoms with Gasteiger partial charge in [0, 0.05) is 25.9 Å². The van der Waals surface area contributed by atoms with Crippen LogP contribution in [0.1, 0.15) is 18.4 Å². The molecule has 22 heavy (non-hydrogen) atoms. The van der Waals surface area contributed by atoms with Crippen molar-refractivity contribution in [1.29, 1.82) is 0 Å². The number of alkyl carbamates (subject to hydrolysis) is 1. The Kier molecular flexibility index (Phi) is 7.53. The lowest BCUT2D eigenvalue weighted by atomic mass is 9.99. The minimum absolute atomic E-state index is 0.0638. The molecule has 1 aromatic carbocycles. The summed E-state index contributed by atoms with van der Waals surface area (Å²) in [6.45, 7) is 5.86. The quantitative estimate of drug-likeness (QED) is 0.718. The Morgan fingerprint density at radius 3 is 2.41 bits per heavy atom. The van der Waals surface area contributed by atoms with E-state index in [2.05, 4.69) is 17.2 Å². The van der Waals surface area contributed by atoms with Crippen LogP contribution >= 0.6 is 0 Å². The molecule has 0 aliphatic carbocycles. The summed E-state index contributed by atoms with van der Waals surface area (Å²) in [6.07, 6.45) is 0.985. The molecular weight excluding hydrogens is 284 g/mol. The van der Waals surface area contributed by atoms with Gasteiger partial charge in [-0.3, -0.25) is 4.79 Å². The van der Waals surface area contributed by atoms with E-state index in [0.717, 1.165) is 11.3 Å². The molecule has 120 valence electrons. The first kappa shape index (κ1) is 17.6. The molecule has 0 saturated heterocycles. The number of hydrogen-bond donors (Lipinski definition) is 2. The van der Waals surface area contributed by atoms with Crippen LogP contribution in [0.2, 0.25) is 0 Å². The second-order valence-corrected chi connectivity index (χ2v) is 4.68. The summed E-state index contributed by atoms with van der Waals surface area (Å²) in [4.78, 5) is 22.6. The molecule has 0 saturated carbocycles. The van der Waals surface area contributed by atoms with Gasteiger partial charge in [0.15, 0.2) is 0 Å². The molecule has 6 heteroatoms. The maximum absolute atomic E-state index is 11.5. The van der Waals surface area contributed by atoms with Crippen molar-refractivity contribution in [3.05, 3.63) is 42.5 Å². The molecule has 0 fully saturated rings. The molecule has 0 unspecified atom stereocenters. The molecule has 1 atom stereocenters. The Labute approximate surface area is 130 Å². The van der Waals surface area contributed by atoms with Crippen LogP contribution in [0.4, 0.5) is 4.79 Å². The van der Waals surface area contributed by atoms with E-state index in [0.29, 0.717) is 13.1 Å². The van der Waals surface area contributed by atoms with Crippen LogP contribution < -0.4 is 15.4 Å². The first-order chi connectivity index (χ1) is 10.6. The van der Waals surface area contributed by atoms with Crippen LogP contribution in [0.15, 0.2) is 36.9 Å². The van der Waals surface area contributed by atoms with E-state index in [-0.39, 0.29) is 18.4 Å². The zero-order valence-corrected chi connectivity index (χ0v) is 12.9. The fourth-order valence-electron chi connectivity index (χ4n) is 1.84. The highest BCUT2D eigenvalue weighted by Gasteiger charge is 2.14. The third-order valence-corrected chi connectivity index (χ3v) is 3.01. The van der Waals surface area contributed by atoms with Gasteiger partial charge < -0.3 is 20.1 Å². The van der Waals surface area contributed by atoms with Gasteiger partial charge in [-0.15, -0.1) is 0 Å². The summed E-state index contributed by atoms with van der Waals surface area (Å²) in [5.74, 6) is 0.569. The van der Waals surface area contributed by atoms with Crippen LogP contribution in [0.25, 0.3) is 0 Å². The lowest BCUT2D eigenvalue weighted by Crippen LogP contribution is -2.35. The number of ether oxygens (including phenoxy) is 2. The van der Waals surface area contributed by atoms with Crippen molar-refractivity contribution in [3.8, 4) is 5.75 Å². The minimum Gasteiger partial charge on any atom is -0.497 e. The fraction of sp³-hybridized carbons (Fsp3) is 0.375. The van der Waals surface area contributed by atoms with Gasteiger partial charge in [-0.1, -0.05) is 24.8 Å². The summed E-state index contributed by atoms with van der Waals surface area (Å²) >= 11 is 0. The second-order valence-electron chi connectivity index (χ2n) is 4.68. The van der Waals surface area contributed by atoms with Crippen molar-refractivity contribution >= 4 is 12.0 Å². The highest BCUT2D eigenvalue weighted by Crippen LogP contribution is 2.18. The first-order valence-corrected chi connectivity index (χ1v) is 6.96. The molecule has 0 spiro atoms. The van der Waals surface area contributed by atoms with Crippen molar-refractivity contribution in [1.82, 2.24) is 10.6 Å². The van der Waals surface area contributed by atoms with Gasteiger partial charge >= 0.3 is 6.09 Å². The third-order valence-electron chi connectivity index (χ3n) is 3.01. The van der Waals surface area contributed by atoms with Crippen molar-refractivity contribution in [3.63, 3.8) is 0 Å². The number of carbonyl (C=O) groups is 2. The summed E-state index contributed by atoms with van der Waals surface area (Å²) in [5.41, 5.74) is 0.985. The fourth-order valence-corrected chi connectivity index (χ4v) is 1.84. The molecule has 2 amide bonds. The highest BCUT2D eigenvalue weighted by molar-refractivity contribution is 5.73. The van der Waals surface area contributed by atoms with Crippen molar-refractivity contribution < 1.29 is 19.1 Å². The first-order valence-electron chi connectivity index (χ1n) is 6.96. The van der Waals surface area contributed by atoms with Gasteiger partial charge in [0.1, 0.15) is 12.4 Å². The number of nitrogens with one attached hydrogen (secondary N) is 2. The number of amides is 2. The van der Waals surface area contributed by atoms with Crippen molar-refractivity contribution in [2.75, 3.05) is 26.8 Å². The molecule has 0 radical (unpaired) electrons. The summed E-state index contributed by atoms with van der Waals surface area (Å²) in [7, 11) is 1.60. The number of benzene rings is 1. The summed E-state index contributed by atoms with van der Waals surface area (Å²) < 4.78 is 9.98. The Hall–Kier alpha value is -2.50. The number of carbonyl (C=O) groups excluding carboxylic acids is 2. The average Bonchev–Trinajstić information content (AvgIpc) is 2.53. The molecule has 0 heterocycles. The summed E-state index contributed by atoms with van der Waals surface area (Å²) in [5, 5.41) is 5.44. The van der Waals surface area contributed by atoms with Gasteiger partial charge in [-0.05, 0) is 17.7 Å². The van der Waals surface area contributed by atoms with E-state index >= 15 is 0 Å². The Balaban J connectivity index is 2.67. The molecule has 1 aromatic rings. The zero-order chi connectivity index (χ0) is 16.4. The molecular formula is C16H22N2O4. The molecule has 0 aromatic heterocycles. The van der Waals surface area contributed by atoms with Gasteiger partial charge in [0.25, 0.3) is 0 Å². The number of methoxy groups -OCH3 is 1. The van der Waals surface area contributed by atoms with Crippen LogP contribution in [0.3, 0.4) is 0 Å². The second kappa shape index (κ2) is 9.44. The Morgan fingerprint density at radius 1 is 1.23 bits per heavy atom. The molecule has 2 N–H and O–H groups in total. The summed E-state index contributed by atoms with van der Waals surface area (Å²) in [6, 6.07) is 7.49. The molecule has 0 aliphatic rings. The lowest BCUT2D eigenvalue weighted by molar-refractivity contribution is -0.119. The standard InChI is InChI=1S/C16H22N2O4/c1-4-9-22-16(20)18-11-14(10-17-12(2)19)13-5-7-15(21-3)8-6-13/h4-8,14H,1,9-11H2,2-3H3,(H,17,19)(H,18,20)/t14-/m1/s1. The number of rotatable bonds is 8. The SMILES string of the molecule is C=CCOC(=O)NC[C@@H](CNC(C)=O)c1ccc(OC)cc1. The average molecular weight is 306 g/mol. The van der Waals surface area contributed by atoms with Crippen LogP contribution in [0, 0.1) is 0 Å². The highest BCUT2D eigenvalue weighted by atomic mass is 16.5. The van der Waals surface area contributed by atoms with Gasteiger partial charge in [-0.2, -0.15) is 0 Å². The third kappa shape index (κ3) is 6.30. The molecule has 0 bridgehead atoms.